The molecule has 1 N–H and O–H groups in total. The lowest BCUT2D eigenvalue weighted by molar-refractivity contribution is 0.400. The van der Waals surface area contributed by atoms with E-state index < -0.39 is 9.84 Å². The molecule has 3 heterocycles. The number of hydrogen-bond donors (Lipinski definition) is 1. The molecule has 144 valence electrons. The summed E-state index contributed by atoms with van der Waals surface area (Å²) in [6, 6.07) is 12.4. The topological polar surface area (TPSA) is 75.2 Å². The molecular formula is C20H26N4O2S. The number of piperidine rings is 1. The van der Waals surface area contributed by atoms with Gasteiger partial charge < -0.3 is 10.2 Å². The highest BCUT2D eigenvalue weighted by Crippen LogP contribution is 2.25. The summed E-state index contributed by atoms with van der Waals surface area (Å²) in [5, 5.41) is 3.26. The number of rotatable bonds is 5. The van der Waals surface area contributed by atoms with Gasteiger partial charge in [-0.1, -0.05) is 30.3 Å². The molecule has 0 radical (unpaired) electrons. The van der Waals surface area contributed by atoms with E-state index in [4.69, 9.17) is 0 Å². The van der Waals surface area contributed by atoms with Crippen LogP contribution in [-0.4, -0.2) is 49.0 Å². The largest absolute Gasteiger partial charge is 0.366 e. The highest BCUT2D eigenvalue weighted by molar-refractivity contribution is 7.91. The first-order chi connectivity index (χ1) is 13.1. The third-order valence-corrected chi connectivity index (χ3v) is 7.26. The molecule has 2 saturated heterocycles. The molecule has 0 saturated carbocycles. The Labute approximate surface area is 161 Å². The van der Waals surface area contributed by atoms with Crippen LogP contribution < -0.4 is 10.2 Å². The Morgan fingerprint density at radius 3 is 2.56 bits per heavy atom. The van der Waals surface area contributed by atoms with Gasteiger partial charge in [0.05, 0.1) is 11.5 Å². The molecule has 27 heavy (non-hydrogen) atoms. The van der Waals surface area contributed by atoms with Gasteiger partial charge in [0.1, 0.15) is 5.82 Å². The molecule has 2 aliphatic heterocycles. The van der Waals surface area contributed by atoms with Gasteiger partial charge in [0.25, 0.3) is 0 Å². The minimum absolute atomic E-state index is 0.0469. The molecule has 2 fully saturated rings. The summed E-state index contributed by atoms with van der Waals surface area (Å²) in [5.41, 5.74) is 1.41. The van der Waals surface area contributed by atoms with E-state index in [0.717, 1.165) is 38.3 Å². The smallest absolute Gasteiger partial charge is 0.227 e. The van der Waals surface area contributed by atoms with Crippen LogP contribution in [0, 0.1) is 5.92 Å². The quantitative estimate of drug-likeness (QED) is 0.851. The second-order valence-corrected chi connectivity index (χ2v) is 9.84. The van der Waals surface area contributed by atoms with Crippen LogP contribution in [0.3, 0.4) is 0 Å². The zero-order chi connectivity index (χ0) is 18.7. The first kappa shape index (κ1) is 18.2. The zero-order valence-electron chi connectivity index (χ0n) is 15.4. The normalized spacial score (nSPS) is 22.7. The molecule has 2 aliphatic rings. The zero-order valence-corrected chi connectivity index (χ0v) is 16.2. The lowest BCUT2D eigenvalue weighted by Crippen LogP contribution is -2.35. The lowest BCUT2D eigenvalue weighted by Gasteiger charge is -2.32. The van der Waals surface area contributed by atoms with Crippen molar-refractivity contribution in [2.45, 2.75) is 31.7 Å². The molecule has 6 nitrogen and oxygen atoms in total. The SMILES string of the molecule is O=S1(=O)CCC(Nc2ccnc(N3CCC(Cc4ccccc4)CC3)n2)C1. The average Bonchev–Trinajstić information content (AvgIpc) is 3.02. The molecule has 1 aromatic carbocycles. The van der Waals surface area contributed by atoms with Crippen LogP contribution in [0.1, 0.15) is 24.8 Å². The number of sulfone groups is 1. The van der Waals surface area contributed by atoms with E-state index in [1.54, 1.807) is 6.20 Å². The van der Waals surface area contributed by atoms with Crippen LogP contribution in [0.25, 0.3) is 0 Å². The fourth-order valence-electron chi connectivity index (χ4n) is 3.98. The highest BCUT2D eigenvalue weighted by atomic mass is 32.2. The third kappa shape index (κ3) is 4.77. The van der Waals surface area contributed by atoms with Gasteiger partial charge in [-0.15, -0.1) is 0 Å². The summed E-state index contributed by atoms with van der Waals surface area (Å²) in [4.78, 5) is 11.3. The third-order valence-electron chi connectivity index (χ3n) is 5.49. The van der Waals surface area contributed by atoms with Crippen molar-refractivity contribution < 1.29 is 8.42 Å². The summed E-state index contributed by atoms with van der Waals surface area (Å²) in [6.07, 6.45) is 5.80. The molecular weight excluding hydrogens is 360 g/mol. The fourth-order valence-corrected chi connectivity index (χ4v) is 5.66. The van der Waals surface area contributed by atoms with Gasteiger partial charge in [-0.25, -0.2) is 13.4 Å². The van der Waals surface area contributed by atoms with Crippen molar-refractivity contribution in [2.24, 2.45) is 5.92 Å². The fraction of sp³-hybridized carbons (Fsp3) is 0.500. The van der Waals surface area contributed by atoms with Gasteiger partial charge in [-0.05, 0) is 43.2 Å². The van der Waals surface area contributed by atoms with Crippen LogP contribution in [0.5, 0.6) is 0 Å². The minimum Gasteiger partial charge on any atom is -0.366 e. The maximum absolute atomic E-state index is 11.6. The van der Waals surface area contributed by atoms with Gasteiger partial charge >= 0.3 is 0 Å². The maximum Gasteiger partial charge on any atom is 0.227 e. The summed E-state index contributed by atoms with van der Waals surface area (Å²) in [5.74, 6) is 2.61. The summed E-state index contributed by atoms with van der Waals surface area (Å²) in [7, 11) is -2.89. The van der Waals surface area contributed by atoms with Crippen molar-refractivity contribution in [2.75, 3.05) is 34.8 Å². The van der Waals surface area contributed by atoms with Crippen molar-refractivity contribution in [1.29, 1.82) is 0 Å². The van der Waals surface area contributed by atoms with Gasteiger partial charge in [0, 0.05) is 25.3 Å². The number of aromatic nitrogens is 2. The predicted octanol–water partition coefficient (Wildman–Crippen LogP) is 2.53. The second-order valence-electron chi connectivity index (χ2n) is 7.61. The van der Waals surface area contributed by atoms with Crippen molar-refractivity contribution in [1.82, 2.24) is 9.97 Å². The van der Waals surface area contributed by atoms with Crippen molar-refractivity contribution in [3.8, 4) is 0 Å². The van der Waals surface area contributed by atoms with Crippen molar-refractivity contribution in [3.63, 3.8) is 0 Å². The Hall–Kier alpha value is -2.15. The van der Waals surface area contributed by atoms with Gasteiger partial charge in [0.15, 0.2) is 9.84 Å². The standard InChI is InChI=1S/C20H26N4O2S/c25-27(26)13-9-18(15-27)22-19-6-10-21-20(23-19)24-11-7-17(8-12-24)14-16-4-2-1-3-5-16/h1-6,10,17-18H,7-9,11-15H2,(H,21,22,23). The second kappa shape index (κ2) is 7.84. The van der Waals surface area contributed by atoms with Gasteiger partial charge in [-0.2, -0.15) is 4.98 Å². The van der Waals surface area contributed by atoms with Crippen LogP contribution >= 0.6 is 0 Å². The van der Waals surface area contributed by atoms with Crippen molar-refractivity contribution >= 4 is 21.6 Å². The van der Waals surface area contributed by atoms with E-state index in [-0.39, 0.29) is 17.5 Å². The van der Waals surface area contributed by atoms with E-state index >= 15 is 0 Å². The van der Waals surface area contributed by atoms with Crippen LogP contribution in [0.15, 0.2) is 42.6 Å². The molecule has 0 aliphatic carbocycles. The minimum atomic E-state index is -2.89. The number of anilines is 2. The summed E-state index contributed by atoms with van der Waals surface area (Å²) in [6.45, 7) is 1.91. The Morgan fingerprint density at radius 1 is 1.07 bits per heavy atom. The molecule has 0 spiro atoms. The predicted molar refractivity (Wildman–Crippen MR) is 108 cm³/mol. The number of hydrogen-bond acceptors (Lipinski definition) is 6. The first-order valence-electron chi connectivity index (χ1n) is 9.66. The molecule has 7 heteroatoms. The first-order valence-corrected chi connectivity index (χ1v) is 11.5. The number of nitrogens with zero attached hydrogens (tertiary/aromatic N) is 3. The van der Waals surface area contributed by atoms with E-state index in [1.807, 2.05) is 6.07 Å². The molecule has 1 unspecified atom stereocenters. The highest BCUT2D eigenvalue weighted by Gasteiger charge is 2.28. The van der Waals surface area contributed by atoms with Crippen LogP contribution in [0.2, 0.25) is 0 Å². The van der Waals surface area contributed by atoms with E-state index in [2.05, 4.69) is 50.5 Å². The van der Waals surface area contributed by atoms with E-state index in [9.17, 15) is 8.42 Å². The molecule has 2 aromatic rings. The molecule has 1 aromatic heterocycles. The number of benzene rings is 1. The van der Waals surface area contributed by atoms with Gasteiger partial charge in [0.2, 0.25) is 5.95 Å². The maximum atomic E-state index is 11.6. The Morgan fingerprint density at radius 2 is 1.85 bits per heavy atom. The van der Waals surface area contributed by atoms with Gasteiger partial charge in [-0.3, -0.25) is 0 Å². The lowest BCUT2D eigenvalue weighted by atomic mass is 9.90. The average molecular weight is 387 g/mol. The van der Waals surface area contributed by atoms with E-state index in [1.165, 1.54) is 5.56 Å². The molecule has 4 rings (SSSR count). The molecule has 0 bridgehead atoms. The Balaban J connectivity index is 1.33. The van der Waals surface area contributed by atoms with E-state index in [0.29, 0.717) is 18.2 Å². The summed E-state index contributed by atoms with van der Waals surface area (Å²) < 4.78 is 23.3. The monoisotopic (exact) mass is 386 g/mol. The molecule has 1 atom stereocenters. The Kier molecular flexibility index (Phi) is 5.29. The number of nitrogens with one attached hydrogen (secondary N) is 1. The molecule has 0 amide bonds. The van der Waals surface area contributed by atoms with Crippen LogP contribution in [0.4, 0.5) is 11.8 Å². The summed E-state index contributed by atoms with van der Waals surface area (Å²) >= 11 is 0. The van der Waals surface area contributed by atoms with Crippen molar-refractivity contribution in [3.05, 3.63) is 48.2 Å². The van der Waals surface area contributed by atoms with Crippen LogP contribution in [-0.2, 0) is 16.3 Å². The Bertz CT molecular complexity index is 865.